The molecule has 1 aromatic carbocycles. The van der Waals surface area contributed by atoms with Gasteiger partial charge in [-0.25, -0.2) is 0 Å². The molecule has 0 radical (unpaired) electrons. The van der Waals surface area contributed by atoms with E-state index in [4.69, 9.17) is 52.5 Å². The lowest BCUT2D eigenvalue weighted by atomic mass is 9.33. The van der Waals surface area contributed by atoms with Gasteiger partial charge in [-0.15, -0.1) is 0 Å². The number of aryl methyl sites for hydroxylation is 1. The predicted molar refractivity (Wildman–Crippen MR) is 340 cm³/mol. The van der Waals surface area contributed by atoms with Gasteiger partial charge in [0.2, 0.25) is 6.29 Å². The molecule has 554 valence electrons. The van der Waals surface area contributed by atoms with Crippen molar-refractivity contribution in [3.8, 4) is 11.5 Å². The van der Waals surface area contributed by atoms with Crippen LogP contribution in [0.15, 0.2) is 29.8 Å². The summed E-state index contributed by atoms with van der Waals surface area (Å²) in [5, 5.41) is 171. The lowest BCUT2D eigenvalue weighted by Crippen LogP contribution is -2.68. The van der Waals surface area contributed by atoms with Crippen molar-refractivity contribution in [2.24, 2.45) is 50.2 Å². The van der Waals surface area contributed by atoms with Crippen LogP contribution in [0.4, 0.5) is 0 Å². The molecule has 9 fully saturated rings. The molecular weight excluding hydrogens is 1270 g/mol. The Kier molecular flexibility index (Phi) is 23.5. The fraction of sp³-hybridized carbons (Fsp3) is 0.871. The van der Waals surface area contributed by atoms with Crippen molar-refractivity contribution in [2.45, 2.75) is 313 Å². The quantitative estimate of drug-likeness (QED) is 0.0480. The number of carbonyl (C=O) groups is 1. The number of esters is 1. The van der Waals surface area contributed by atoms with Crippen molar-refractivity contribution in [3.05, 3.63) is 35.4 Å². The lowest BCUT2D eigenvalue weighted by molar-refractivity contribution is -0.374. The Morgan fingerprint density at radius 3 is 1.78 bits per heavy atom. The van der Waals surface area contributed by atoms with E-state index >= 15 is 4.79 Å². The van der Waals surface area contributed by atoms with Crippen LogP contribution >= 0.6 is 0 Å². The summed E-state index contributed by atoms with van der Waals surface area (Å²) in [6.07, 6.45) is -23.6. The predicted octanol–water partition coefficient (Wildman–Crippen LogP) is 1.31. The molecule has 4 saturated carbocycles. The minimum atomic E-state index is -1.93. The van der Waals surface area contributed by atoms with Gasteiger partial charge in [-0.3, -0.25) is 4.79 Å². The molecule has 27 heteroatoms. The summed E-state index contributed by atoms with van der Waals surface area (Å²) in [6, 6.07) is 4.81. The van der Waals surface area contributed by atoms with Gasteiger partial charge < -0.3 is 129 Å². The van der Waals surface area contributed by atoms with E-state index in [0.29, 0.717) is 25.7 Å². The SMILES string of the molecule is CC1OC(OC2CCC3(C)C(CCC4(C)C3CC=C3C5CC(C)(C)CCC5(C(=O)OC5OCC(O)C(O)C5OC5OC(C)C(OC6OC(CO)C(O)C(O)C6O)C(O)C5O)C(O)CC34C)C2(C)C)C(O)C(O)C1OC1OCC(O)C(O)C1O.CCCCCCc1ccc(O)cc1O. The van der Waals surface area contributed by atoms with Crippen LogP contribution in [0.5, 0.6) is 11.5 Å². The minimum Gasteiger partial charge on any atom is -0.508 e. The van der Waals surface area contributed by atoms with Gasteiger partial charge in [0.05, 0.1) is 44.2 Å². The Morgan fingerprint density at radius 1 is 0.577 bits per heavy atom. The lowest BCUT2D eigenvalue weighted by Gasteiger charge is -2.71. The van der Waals surface area contributed by atoms with E-state index < -0.39 is 195 Å². The molecule has 5 saturated heterocycles. The van der Waals surface area contributed by atoms with Crippen LogP contribution in [-0.2, 0) is 58.6 Å². The van der Waals surface area contributed by atoms with Gasteiger partial charge >= 0.3 is 5.97 Å². The zero-order chi connectivity index (χ0) is 71.0. The normalized spacial score (nSPS) is 48.7. The van der Waals surface area contributed by atoms with Gasteiger partial charge in [0.15, 0.2) is 31.3 Å². The van der Waals surface area contributed by atoms with E-state index in [2.05, 4.69) is 61.5 Å². The number of phenols is 2. The highest BCUT2D eigenvalue weighted by atomic mass is 16.8. The fourth-order valence-electron chi connectivity index (χ4n) is 19.0. The second-order valence-corrected chi connectivity index (χ2v) is 31.9. The van der Waals surface area contributed by atoms with Gasteiger partial charge in [0, 0.05) is 6.07 Å². The molecular formula is C70H112O27. The van der Waals surface area contributed by atoms with Crippen molar-refractivity contribution < 1.29 is 134 Å². The first kappa shape index (κ1) is 76.7. The Balaban J connectivity index is 0.000000650. The average Bonchev–Trinajstić information content (AvgIpc) is 0.672. The summed E-state index contributed by atoms with van der Waals surface area (Å²) in [5.74, 6) is -0.667. The molecule has 5 heterocycles. The molecule has 5 aliphatic heterocycles. The summed E-state index contributed by atoms with van der Waals surface area (Å²) in [7, 11) is 0. The summed E-state index contributed by atoms with van der Waals surface area (Å²) in [4.78, 5) is 15.4. The maximum atomic E-state index is 15.4. The first-order valence-corrected chi connectivity index (χ1v) is 35.2. The maximum absolute atomic E-state index is 15.4. The average molecular weight is 1390 g/mol. The second kappa shape index (κ2) is 29.7. The number of benzene rings is 1. The van der Waals surface area contributed by atoms with Crippen LogP contribution in [0.1, 0.15) is 158 Å². The van der Waals surface area contributed by atoms with Crippen LogP contribution in [-0.4, -0.2) is 261 Å². The van der Waals surface area contributed by atoms with Crippen molar-refractivity contribution in [3.63, 3.8) is 0 Å². The first-order chi connectivity index (χ1) is 45.5. The van der Waals surface area contributed by atoms with E-state index in [9.17, 15) is 76.6 Å². The molecule has 27 nitrogen and oxygen atoms in total. The highest BCUT2D eigenvalue weighted by molar-refractivity contribution is 5.80. The second-order valence-electron chi connectivity index (χ2n) is 31.9. The highest BCUT2D eigenvalue weighted by Gasteiger charge is 2.72. The van der Waals surface area contributed by atoms with Crippen LogP contribution < -0.4 is 0 Å². The fourth-order valence-corrected chi connectivity index (χ4v) is 19.0. The zero-order valence-electron chi connectivity index (χ0n) is 57.6. The Labute approximate surface area is 567 Å². The standard InChI is InChI=1S/C58H94O25.C12H18O2/c1-23-44(80-47-40(69)34(63)27(60)21-74-47)38(67)42(71)48(76-23)79-33-13-14-55(7)30(54(33,5)6)12-15-56(8)31(55)11-10-25-26-18-53(3,4)16-17-58(26,32(62)19-57(25,56)9)52(73)83-51-46(35(64)28(61)22-75-51)82-49-43(72)39(68)45(24(2)77-49)81-50-41(70)37(66)36(65)29(20-59)78-50;1-2-3-4-5-6-10-7-8-11(13)9-12(10)14/h10,23-24,26-51,59-72H,11-22H2,1-9H3;7-9,13-14H,2-6H2,1H3. The summed E-state index contributed by atoms with van der Waals surface area (Å²) in [6.45, 7) is 19.4. The number of aromatic hydroxyl groups is 2. The van der Waals surface area contributed by atoms with Crippen molar-refractivity contribution in [1.29, 1.82) is 0 Å². The summed E-state index contributed by atoms with van der Waals surface area (Å²) in [5.41, 5.74) is -1.35. The molecule has 0 spiro atoms. The molecule has 10 aliphatic rings. The number of rotatable bonds is 16. The number of hydrogen-bond acceptors (Lipinski definition) is 27. The number of allylic oxidation sites excluding steroid dienone is 2. The maximum Gasteiger partial charge on any atom is 0.317 e. The Hall–Kier alpha value is -2.89. The van der Waals surface area contributed by atoms with Gasteiger partial charge in [-0.1, -0.05) is 92.4 Å². The van der Waals surface area contributed by atoms with Crippen LogP contribution in [0, 0.1) is 50.2 Å². The molecule has 0 amide bonds. The number of unbranched alkanes of at least 4 members (excludes halogenated alkanes) is 3. The molecule has 32 atom stereocenters. The molecule has 1 aromatic rings. The molecule has 5 aliphatic carbocycles. The van der Waals surface area contributed by atoms with Gasteiger partial charge in [0.25, 0.3) is 0 Å². The van der Waals surface area contributed by atoms with E-state index in [1.165, 1.54) is 32.3 Å². The van der Waals surface area contributed by atoms with Gasteiger partial charge in [-0.2, -0.15) is 0 Å². The molecule has 11 rings (SSSR count). The van der Waals surface area contributed by atoms with Crippen molar-refractivity contribution >= 4 is 5.97 Å². The zero-order valence-corrected chi connectivity index (χ0v) is 57.6. The Bertz CT molecular complexity index is 2840. The molecule has 0 aromatic heterocycles. The number of fused-ring (bicyclic) bond motifs is 7. The number of aliphatic hydroxyl groups excluding tert-OH is 14. The summed E-state index contributed by atoms with van der Waals surface area (Å²) < 4.78 is 59.6. The minimum absolute atomic E-state index is 0.125. The topological polar surface area (TPSA) is 433 Å². The van der Waals surface area contributed by atoms with Crippen LogP contribution in [0.25, 0.3) is 0 Å². The number of phenolic OH excluding ortho intramolecular Hbond substituents is 2. The molecule has 32 unspecified atom stereocenters. The third-order valence-electron chi connectivity index (χ3n) is 25.1. The number of carbonyl (C=O) groups excluding carboxylic acids is 1. The van der Waals surface area contributed by atoms with Gasteiger partial charge in [0.1, 0.15) is 108 Å². The van der Waals surface area contributed by atoms with E-state index in [1.807, 2.05) is 0 Å². The van der Waals surface area contributed by atoms with Gasteiger partial charge in [-0.05, 0) is 141 Å². The van der Waals surface area contributed by atoms with E-state index in [-0.39, 0.29) is 59.0 Å². The Morgan fingerprint density at radius 2 is 1.15 bits per heavy atom. The highest BCUT2D eigenvalue weighted by Crippen LogP contribution is 2.76. The number of aliphatic hydroxyl groups is 14. The summed E-state index contributed by atoms with van der Waals surface area (Å²) >= 11 is 0. The third kappa shape index (κ3) is 14.2. The third-order valence-corrected chi connectivity index (χ3v) is 25.1. The van der Waals surface area contributed by atoms with Crippen LogP contribution in [0.3, 0.4) is 0 Å². The van der Waals surface area contributed by atoms with E-state index in [0.717, 1.165) is 43.2 Å². The van der Waals surface area contributed by atoms with E-state index in [1.54, 1.807) is 19.1 Å². The van der Waals surface area contributed by atoms with Crippen LogP contribution in [0.2, 0.25) is 0 Å². The largest absolute Gasteiger partial charge is 0.508 e. The molecule has 16 N–H and O–H groups in total. The van der Waals surface area contributed by atoms with Crippen molar-refractivity contribution in [2.75, 3.05) is 19.8 Å². The molecule has 0 bridgehead atoms. The smallest absolute Gasteiger partial charge is 0.317 e. The molecule has 97 heavy (non-hydrogen) atoms. The monoisotopic (exact) mass is 1380 g/mol. The van der Waals surface area contributed by atoms with Crippen molar-refractivity contribution in [1.82, 2.24) is 0 Å². The number of ether oxygens (including phenoxy) is 10. The first-order valence-electron chi connectivity index (χ1n) is 35.2. The number of hydrogen-bond donors (Lipinski definition) is 16.